The Labute approximate surface area is 136 Å². The van der Waals surface area contributed by atoms with Crippen molar-refractivity contribution in [3.63, 3.8) is 0 Å². The van der Waals surface area contributed by atoms with E-state index in [-0.39, 0.29) is 23.2 Å². The molecule has 5 fully saturated rings. The maximum Gasteiger partial charge on any atom is 0.312 e. The van der Waals surface area contributed by atoms with Gasteiger partial charge >= 0.3 is 11.9 Å². The Morgan fingerprint density at radius 3 is 2.87 bits per heavy atom. The van der Waals surface area contributed by atoms with E-state index in [4.69, 9.17) is 4.74 Å². The molecule has 0 aromatic rings. The number of fused-ring (bicyclic) bond motifs is 1. The number of allylic oxidation sites excluding steroid dienone is 1. The molecular formula is C19H24O4. The number of carboxylic acids is 1. The normalized spacial score (nSPS) is 56.2. The fourth-order valence-electron chi connectivity index (χ4n) is 7.70. The van der Waals surface area contributed by atoms with Gasteiger partial charge in [-0.15, -0.1) is 0 Å². The molecule has 0 unspecified atom stereocenters. The summed E-state index contributed by atoms with van der Waals surface area (Å²) in [6.07, 6.45) is 6.45. The molecule has 1 spiro atoms. The number of hydrogen-bond acceptors (Lipinski definition) is 3. The predicted octanol–water partition coefficient (Wildman–Crippen LogP) is 3.17. The highest BCUT2D eigenvalue weighted by atomic mass is 16.6. The van der Waals surface area contributed by atoms with Crippen molar-refractivity contribution in [1.82, 2.24) is 0 Å². The Bertz CT molecular complexity index is 654. The molecule has 1 aliphatic heterocycles. The van der Waals surface area contributed by atoms with Crippen molar-refractivity contribution in [3.8, 4) is 0 Å². The summed E-state index contributed by atoms with van der Waals surface area (Å²) < 4.78 is 6.10. The number of carbonyl (C=O) groups excluding carboxylic acids is 1. The first-order chi connectivity index (χ1) is 10.9. The van der Waals surface area contributed by atoms with E-state index >= 15 is 0 Å². The minimum Gasteiger partial charge on any atom is -0.481 e. The number of ether oxygens (including phenoxy) is 1. The summed E-state index contributed by atoms with van der Waals surface area (Å²) in [5.74, 6) is -0.771. The first-order valence-electron chi connectivity index (χ1n) is 8.99. The van der Waals surface area contributed by atoms with E-state index < -0.39 is 22.9 Å². The summed E-state index contributed by atoms with van der Waals surface area (Å²) in [6.45, 7) is 6.22. The highest BCUT2D eigenvalue weighted by Crippen LogP contribution is 2.77. The third-order valence-electron chi connectivity index (χ3n) is 8.29. The lowest BCUT2D eigenvalue weighted by molar-refractivity contribution is -0.160. The van der Waals surface area contributed by atoms with Gasteiger partial charge in [-0.1, -0.05) is 12.2 Å². The van der Waals surface area contributed by atoms with Crippen LogP contribution in [0.15, 0.2) is 12.2 Å². The van der Waals surface area contributed by atoms with Gasteiger partial charge in [-0.3, -0.25) is 9.59 Å². The van der Waals surface area contributed by atoms with E-state index in [2.05, 4.69) is 6.58 Å². The first kappa shape index (κ1) is 14.1. The van der Waals surface area contributed by atoms with E-state index in [1.54, 1.807) is 0 Å². The van der Waals surface area contributed by atoms with Gasteiger partial charge in [0.05, 0.1) is 11.3 Å². The lowest BCUT2D eigenvalue weighted by Gasteiger charge is -2.43. The molecule has 4 nitrogen and oxygen atoms in total. The van der Waals surface area contributed by atoms with Crippen molar-refractivity contribution in [2.45, 2.75) is 57.5 Å². The Kier molecular flexibility index (Phi) is 2.35. The molecule has 0 radical (unpaired) electrons. The summed E-state index contributed by atoms with van der Waals surface area (Å²) >= 11 is 0. The van der Waals surface area contributed by atoms with Crippen LogP contribution in [0.5, 0.6) is 0 Å². The topological polar surface area (TPSA) is 63.6 Å². The fourth-order valence-corrected chi connectivity index (χ4v) is 7.70. The minimum atomic E-state index is -0.719. The third kappa shape index (κ3) is 1.29. The number of rotatable bonds is 1. The quantitative estimate of drug-likeness (QED) is 0.596. The molecule has 4 bridgehead atoms. The SMILES string of the molecule is C=C1C[C@]23C[C@H]1CC[C@H]2[C@@]12CCC[C@](C)(C(=O)O1)[C@H]2[C@@H]3C(=O)O. The summed E-state index contributed by atoms with van der Waals surface area (Å²) in [4.78, 5) is 25.0. The van der Waals surface area contributed by atoms with Crippen LogP contribution in [0.1, 0.15) is 51.9 Å². The minimum absolute atomic E-state index is 0.139. The van der Waals surface area contributed by atoms with E-state index in [1.807, 2.05) is 6.92 Å². The molecule has 1 saturated heterocycles. The van der Waals surface area contributed by atoms with Crippen molar-refractivity contribution < 1.29 is 19.4 Å². The zero-order valence-electron chi connectivity index (χ0n) is 13.6. The van der Waals surface area contributed by atoms with E-state index in [0.29, 0.717) is 5.92 Å². The molecule has 5 rings (SSSR count). The van der Waals surface area contributed by atoms with Gasteiger partial charge in [0.25, 0.3) is 0 Å². The molecular weight excluding hydrogens is 292 g/mol. The van der Waals surface area contributed by atoms with Crippen molar-refractivity contribution in [3.05, 3.63) is 12.2 Å². The molecule has 1 heterocycles. The summed E-state index contributed by atoms with van der Waals surface area (Å²) in [7, 11) is 0. The lowest BCUT2D eigenvalue weighted by Crippen LogP contribution is -2.47. The van der Waals surface area contributed by atoms with Crippen LogP contribution in [0.2, 0.25) is 0 Å². The van der Waals surface area contributed by atoms with Crippen LogP contribution < -0.4 is 0 Å². The van der Waals surface area contributed by atoms with Crippen molar-refractivity contribution in [2.24, 2.45) is 34.5 Å². The smallest absolute Gasteiger partial charge is 0.312 e. The maximum absolute atomic E-state index is 12.7. The van der Waals surface area contributed by atoms with Crippen LogP contribution in [-0.2, 0) is 14.3 Å². The summed E-state index contributed by atoms with van der Waals surface area (Å²) in [6, 6.07) is 0. The Balaban J connectivity index is 1.75. The standard InChI is InChI=1S/C19H24O4/c1-10-8-18-9-11(10)4-5-12(18)19-7-3-6-17(2,16(22)23-19)14(19)13(18)15(20)21/h11-14H,1,3-9H2,2H3,(H,20,21)/t11-,12-,13-,14-,17+,18+,19-/m1/s1. The molecule has 4 aliphatic carbocycles. The highest BCUT2D eigenvalue weighted by molar-refractivity contribution is 5.84. The van der Waals surface area contributed by atoms with Gasteiger partial charge in [0.2, 0.25) is 0 Å². The fraction of sp³-hybridized carbons (Fsp3) is 0.789. The van der Waals surface area contributed by atoms with E-state index in [1.165, 1.54) is 5.57 Å². The van der Waals surface area contributed by atoms with Gasteiger partial charge in [0, 0.05) is 11.8 Å². The summed E-state index contributed by atoms with van der Waals surface area (Å²) in [5.41, 5.74) is -0.0978. The predicted molar refractivity (Wildman–Crippen MR) is 82.4 cm³/mol. The van der Waals surface area contributed by atoms with Crippen LogP contribution in [0.25, 0.3) is 0 Å². The van der Waals surface area contributed by atoms with Crippen molar-refractivity contribution in [2.75, 3.05) is 0 Å². The molecule has 0 aromatic carbocycles. The molecule has 4 heteroatoms. The molecule has 5 aliphatic rings. The molecule has 23 heavy (non-hydrogen) atoms. The second-order valence-corrected chi connectivity index (χ2v) is 9.01. The number of esters is 1. The highest BCUT2D eigenvalue weighted by Gasteiger charge is 2.81. The van der Waals surface area contributed by atoms with Gasteiger partial charge < -0.3 is 9.84 Å². The monoisotopic (exact) mass is 316 g/mol. The van der Waals surface area contributed by atoms with Crippen LogP contribution >= 0.6 is 0 Å². The Morgan fingerprint density at radius 1 is 1.35 bits per heavy atom. The number of hydrogen-bond donors (Lipinski definition) is 1. The van der Waals surface area contributed by atoms with E-state index in [9.17, 15) is 14.7 Å². The van der Waals surface area contributed by atoms with Gasteiger partial charge in [-0.2, -0.15) is 0 Å². The number of aliphatic carboxylic acids is 1. The van der Waals surface area contributed by atoms with Gasteiger partial charge in [-0.05, 0) is 63.2 Å². The maximum atomic E-state index is 12.7. The number of carboxylic acid groups (broad SMARTS) is 1. The average Bonchev–Trinajstić information content (AvgIpc) is 2.92. The largest absolute Gasteiger partial charge is 0.481 e. The number of carbonyl (C=O) groups is 2. The van der Waals surface area contributed by atoms with Crippen LogP contribution in [0.4, 0.5) is 0 Å². The zero-order valence-corrected chi connectivity index (χ0v) is 13.6. The summed E-state index contributed by atoms with van der Waals surface area (Å²) in [5, 5.41) is 10.2. The zero-order chi connectivity index (χ0) is 16.2. The molecule has 4 saturated carbocycles. The Morgan fingerprint density at radius 2 is 2.13 bits per heavy atom. The van der Waals surface area contributed by atoms with Crippen LogP contribution in [-0.4, -0.2) is 22.6 Å². The average molecular weight is 316 g/mol. The van der Waals surface area contributed by atoms with Gasteiger partial charge in [0.15, 0.2) is 0 Å². The molecule has 7 atom stereocenters. The lowest BCUT2D eigenvalue weighted by atomic mass is 9.60. The van der Waals surface area contributed by atoms with Crippen molar-refractivity contribution >= 4 is 11.9 Å². The Hall–Kier alpha value is -1.32. The first-order valence-corrected chi connectivity index (χ1v) is 8.99. The molecule has 1 N–H and O–H groups in total. The van der Waals surface area contributed by atoms with Crippen molar-refractivity contribution in [1.29, 1.82) is 0 Å². The third-order valence-corrected chi connectivity index (χ3v) is 8.29. The second-order valence-electron chi connectivity index (χ2n) is 9.01. The van der Waals surface area contributed by atoms with E-state index in [0.717, 1.165) is 44.9 Å². The molecule has 124 valence electrons. The van der Waals surface area contributed by atoms with Crippen LogP contribution in [0.3, 0.4) is 0 Å². The van der Waals surface area contributed by atoms with Gasteiger partial charge in [-0.25, -0.2) is 0 Å². The van der Waals surface area contributed by atoms with Gasteiger partial charge in [0.1, 0.15) is 5.60 Å². The second kappa shape index (κ2) is 3.84. The molecule has 0 amide bonds. The van der Waals surface area contributed by atoms with Crippen LogP contribution in [0, 0.1) is 34.5 Å². The molecule has 0 aromatic heterocycles.